The minimum absolute atomic E-state index is 0.0591. The van der Waals surface area contributed by atoms with Crippen LogP contribution in [0.25, 0.3) is 0 Å². The van der Waals surface area contributed by atoms with Crippen molar-refractivity contribution in [3.8, 4) is 0 Å². The molecule has 1 spiro atoms. The second-order valence-corrected chi connectivity index (χ2v) is 8.01. The van der Waals surface area contributed by atoms with Gasteiger partial charge in [0.15, 0.2) is 0 Å². The fourth-order valence-electron chi connectivity index (χ4n) is 4.11. The first-order valence-electron chi connectivity index (χ1n) is 8.58. The molecule has 2 saturated heterocycles. The van der Waals surface area contributed by atoms with E-state index in [-0.39, 0.29) is 17.7 Å². The first-order chi connectivity index (χ1) is 12.0. The Kier molecular flexibility index (Phi) is 3.87. The number of aryl methyl sites for hydroxylation is 1. The van der Waals surface area contributed by atoms with E-state index in [0.29, 0.717) is 19.6 Å². The van der Waals surface area contributed by atoms with Crippen LogP contribution in [0.3, 0.4) is 0 Å². The summed E-state index contributed by atoms with van der Waals surface area (Å²) in [5, 5.41) is 1.95. The molecule has 2 fully saturated rings. The molecular formula is C19H21N3O2S. The van der Waals surface area contributed by atoms with Crippen LogP contribution in [-0.2, 0) is 4.79 Å². The summed E-state index contributed by atoms with van der Waals surface area (Å²) < 4.78 is 0. The predicted molar refractivity (Wildman–Crippen MR) is 97.8 cm³/mol. The summed E-state index contributed by atoms with van der Waals surface area (Å²) in [6.45, 7) is 5.90. The second kappa shape index (κ2) is 5.95. The van der Waals surface area contributed by atoms with Gasteiger partial charge in [-0.05, 0) is 48.4 Å². The van der Waals surface area contributed by atoms with Crippen LogP contribution >= 0.6 is 11.3 Å². The highest BCUT2D eigenvalue weighted by molar-refractivity contribution is 7.12. The number of rotatable bonds is 2. The predicted octanol–water partition coefficient (Wildman–Crippen LogP) is 2.97. The third-order valence-electron chi connectivity index (χ3n) is 5.66. The van der Waals surface area contributed by atoms with Crippen molar-refractivity contribution in [2.45, 2.75) is 20.3 Å². The molecule has 0 aromatic carbocycles. The molecule has 0 unspecified atom stereocenters. The molecule has 2 aromatic rings. The van der Waals surface area contributed by atoms with Gasteiger partial charge in [-0.2, -0.15) is 0 Å². The molecule has 6 heteroatoms. The van der Waals surface area contributed by atoms with E-state index in [1.165, 1.54) is 11.3 Å². The van der Waals surface area contributed by atoms with Gasteiger partial charge in [-0.1, -0.05) is 6.92 Å². The van der Waals surface area contributed by atoms with Gasteiger partial charge in [-0.15, -0.1) is 11.3 Å². The van der Waals surface area contributed by atoms with Crippen molar-refractivity contribution in [3.63, 3.8) is 0 Å². The number of thiophene rings is 1. The van der Waals surface area contributed by atoms with Crippen LogP contribution in [0.2, 0.25) is 0 Å². The Balaban J connectivity index is 1.58. The molecule has 0 bridgehead atoms. The number of anilines is 1. The van der Waals surface area contributed by atoms with Crippen molar-refractivity contribution in [1.29, 1.82) is 0 Å². The lowest BCUT2D eigenvalue weighted by Crippen LogP contribution is -2.40. The Morgan fingerprint density at radius 1 is 1.40 bits per heavy atom. The molecular weight excluding hydrogens is 334 g/mol. The third-order valence-corrected chi connectivity index (χ3v) is 6.67. The lowest BCUT2D eigenvalue weighted by Gasteiger charge is -2.26. The summed E-state index contributed by atoms with van der Waals surface area (Å²) >= 11 is 1.48. The van der Waals surface area contributed by atoms with Crippen LogP contribution < -0.4 is 4.90 Å². The fourth-order valence-corrected chi connectivity index (χ4v) is 5.00. The fraction of sp³-hybridized carbons (Fsp3) is 0.421. The van der Waals surface area contributed by atoms with Crippen LogP contribution in [0.4, 0.5) is 5.69 Å². The molecule has 4 rings (SSSR count). The summed E-state index contributed by atoms with van der Waals surface area (Å²) in [4.78, 5) is 34.7. The van der Waals surface area contributed by atoms with E-state index < -0.39 is 5.41 Å². The van der Waals surface area contributed by atoms with Crippen LogP contribution in [0.1, 0.15) is 28.6 Å². The van der Waals surface area contributed by atoms with E-state index in [0.717, 1.165) is 22.5 Å². The normalized spacial score (nSPS) is 26.0. The van der Waals surface area contributed by atoms with Gasteiger partial charge < -0.3 is 9.80 Å². The van der Waals surface area contributed by atoms with Crippen LogP contribution in [-0.4, -0.2) is 41.3 Å². The molecule has 2 amide bonds. The maximum absolute atomic E-state index is 13.2. The number of amides is 2. The Hall–Kier alpha value is -2.21. The van der Waals surface area contributed by atoms with Crippen molar-refractivity contribution in [1.82, 2.24) is 9.88 Å². The quantitative estimate of drug-likeness (QED) is 0.832. The van der Waals surface area contributed by atoms with Gasteiger partial charge in [0.05, 0.1) is 22.2 Å². The maximum Gasteiger partial charge on any atom is 0.264 e. The summed E-state index contributed by atoms with van der Waals surface area (Å²) in [5.41, 5.74) is 1.39. The lowest BCUT2D eigenvalue weighted by atomic mass is 9.78. The first-order valence-corrected chi connectivity index (χ1v) is 9.46. The molecule has 0 saturated carbocycles. The Labute approximate surface area is 151 Å². The molecule has 2 aliphatic heterocycles. The molecule has 25 heavy (non-hydrogen) atoms. The van der Waals surface area contributed by atoms with Gasteiger partial charge in [0.2, 0.25) is 5.91 Å². The Morgan fingerprint density at radius 2 is 2.24 bits per heavy atom. The van der Waals surface area contributed by atoms with Gasteiger partial charge in [-0.3, -0.25) is 14.6 Å². The minimum Gasteiger partial charge on any atom is -0.337 e. The van der Waals surface area contributed by atoms with E-state index >= 15 is 0 Å². The van der Waals surface area contributed by atoms with Crippen molar-refractivity contribution in [3.05, 3.63) is 46.4 Å². The smallest absolute Gasteiger partial charge is 0.264 e. The molecule has 0 aliphatic carbocycles. The molecule has 130 valence electrons. The number of aromatic nitrogens is 1. The maximum atomic E-state index is 13.2. The van der Waals surface area contributed by atoms with Crippen molar-refractivity contribution in [2.75, 3.05) is 24.5 Å². The average Bonchev–Trinajstić information content (AvgIpc) is 3.28. The SMILES string of the molecule is Cc1ccsc1C(=O)N1C[C@@H](C)[C@@]2(CCN(c3cccnc3)C2=O)C1. The highest BCUT2D eigenvalue weighted by Crippen LogP contribution is 2.46. The zero-order valence-corrected chi connectivity index (χ0v) is 15.3. The van der Waals surface area contributed by atoms with E-state index in [1.54, 1.807) is 12.4 Å². The van der Waals surface area contributed by atoms with Gasteiger partial charge in [0.25, 0.3) is 5.91 Å². The van der Waals surface area contributed by atoms with Gasteiger partial charge in [0.1, 0.15) is 0 Å². The van der Waals surface area contributed by atoms with Crippen LogP contribution in [0, 0.1) is 18.3 Å². The molecule has 0 radical (unpaired) electrons. The molecule has 2 aliphatic rings. The summed E-state index contributed by atoms with van der Waals surface area (Å²) in [6, 6.07) is 5.74. The molecule has 2 atom stereocenters. The van der Waals surface area contributed by atoms with Crippen LogP contribution in [0.15, 0.2) is 36.0 Å². The lowest BCUT2D eigenvalue weighted by molar-refractivity contribution is -0.126. The number of likely N-dealkylation sites (tertiary alicyclic amines) is 1. The van der Waals surface area contributed by atoms with E-state index in [9.17, 15) is 9.59 Å². The first kappa shape index (κ1) is 16.3. The molecule has 5 nitrogen and oxygen atoms in total. The van der Waals surface area contributed by atoms with Crippen molar-refractivity contribution >= 4 is 28.8 Å². The van der Waals surface area contributed by atoms with Gasteiger partial charge in [-0.25, -0.2) is 0 Å². The third kappa shape index (κ3) is 2.47. The zero-order chi connectivity index (χ0) is 17.6. The topological polar surface area (TPSA) is 53.5 Å². The van der Waals surface area contributed by atoms with E-state index in [2.05, 4.69) is 11.9 Å². The average molecular weight is 355 g/mol. The van der Waals surface area contributed by atoms with Crippen molar-refractivity contribution in [2.24, 2.45) is 11.3 Å². The monoisotopic (exact) mass is 355 g/mol. The minimum atomic E-state index is -0.462. The number of hydrogen-bond donors (Lipinski definition) is 0. The zero-order valence-electron chi connectivity index (χ0n) is 14.4. The second-order valence-electron chi connectivity index (χ2n) is 7.09. The molecule has 2 aromatic heterocycles. The highest BCUT2D eigenvalue weighted by Gasteiger charge is 2.56. The number of carbonyl (C=O) groups is 2. The Bertz CT molecular complexity index is 819. The number of carbonyl (C=O) groups excluding carboxylic acids is 2. The van der Waals surface area contributed by atoms with Gasteiger partial charge in [0, 0.05) is 25.8 Å². The number of hydrogen-bond acceptors (Lipinski definition) is 4. The van der Waals surface area contributed by atoms with Crippen LogP contribution in [0.5, 0.6) is 0 Å². The summed E-state index contributed by atoms with van der Waals surface area (Å²) in [5.74, 6) is 0.348. The summed E-state index contributed by atoms with van der Waals surface area (Å²) in [6.07, 6.45) is 4.23. The number of pyridine rings is 1. The van der Waals surface area contributed by atoms with E-state index in [4.69, 9.17) is 0 Å². The van der Waals surface area contributed by atoms with Gasteiger partial charge >= 0.3 is 0 Å². The molecule has 0 N–H and O–H groups in total. The highest BCUT2D eigenvalue weighted by atomic mass is 32.1. The standard InChI is InChI=1S/C19H21N3O2S/c1-13-5-9-25-16(13)17(23)21-11-14(2)19(12-21)6-8-22(18(19)24)15-4-3-7-20-10-15/h3-5,7,9-10,14H,6,8,11-12H2,1-2H3/t14-,19-/m1/s1. The summed E-state index contributed by atoms with van der Waals surface area (Å²) in [7, 11) is 0. The van der Waals surface area contributed by atoms with Crippen molar-refractivity contribution < 1.29 is 9.59 Å². The Morgan fingerprint density at radius 3 is 2.92 bits per heavy atom. The number of nitrogens with zero attached hydrogens (tertiary/aromatic N) is 3. The molecule has 4 heterocycles. The largest absolute Gasteiger partial charge is 0.337 e. The van der Waals surface area contributed by atoms with E-state index in [1.807, 2.05) is 40.3 Å².